The van der Waals surface area contributed by atoms with Crippen LogP contribution in [-0.4, -0.2) is 48.5 Å². The number of amides is 2. The summed E-state index contributed by atoms with van der Waals surface area (Å²) in [5.74, 6) is 2.40. The number of nitrogens with one attached hydrogen (secondary N) is 2. The van der Waals surface area contributed by atoms with Crippen molar-refractivity contribution in [2.45, 2.75) is 62.6 Å². The van der Waals surface area contributed by atoms with Crippen LogP contribution in [0, 0.1) is 11.8 Å². The maximum Gasteiger partial charge on any atom is 0.230 e. The van der Waals surface area contributed by atoms with Crippen LogP contribution >= 0.6 is 23.1 Å². The van der Waals surface area contributed by atoms with Crippen molar-refractivity contribution in [3.8, 4) is 11.5 Å². The van der Waals surface area contributed by atoms with Gasteiger partial charge in [0.25, 0.3) is 0 Å². The van der Waals surface area contributed by atoms with Crippen molar-refractivity contribution >= 4 is 40.0 Å². The Kier molecular flexibility index (Phi) is 11.1. The minimum atomic E-state index is -0.0731. The predicted molar refractivity (Wildman–Crippen MR) is 140 cm³/mol. The number of ether oxygens (including phenoxy) is 2. The summed E-state index contributed by atoms with van der Waals surface area (Å²) in [5.41, 5.74) is 1.05. The lowest BCUT2D eigenvalue weighted by molar-refractivity contribution is -0.121. The molecule has 3 rings (SSSR count). The molecule has 0 aliphatic heterocycles. The fraction of sp³-hybridized carbons (Fsp3) is 0.600. The molecule has 1 aromatic carbocycles. The summed E-state index contributed by atoms with van der Waals surface area (Å²) in [6, 6.07) is 5.72. The van der Waals surface area contributed by atoms with E-state index in [4.69, 9.17) is 9.47 Å². The molecule has 0 radical (unpaired) electrons. The van der Waals surface area contributed by atoms with Crippen LogP contribution < -0.4 is 20.1 Å². The average molecular weight is 521 g/mol. The molecule has 192 valence electrons. The Morgan fingerprint density at radius 1 is 1.11 bits per heavy atom. The first kappa shape index (κ1) is 27.3. The highest BCUT2D eigenvalue weighted by Crippen LogP contribution is 2.33. The van der Waals surface area contributed by atoms with E-state index in [1.807, 2.05) is 18.2 Å². The summed E-state index contributed by atoms with van der Waals surface area (Å²) < 4.78 is 11.2. The fourth-order valence-electron chi connectivity index (χ4n) is 4.29. The van der Waals surface area contributed by atoms with Crippen molar-refractivity contribution in [1.82, 2.24) is 15.5 Å². The molecule has 0 spiro atoms. The van der Waals surface area contributed by atoms with Gasteiger partial charge in [0.05, 0.1) is 20.0 Å². The molecule has 0 saturated heterocycles. The fourth-order valence-corrected chi connectivity index (χ4v) is 5.88. The lowest BCUT2D eigenvalue weighted by Gasteiger charge is -2.27. The molecular weight excluding hydrogens is 484 g/mol. The van der Waals surface area contributed by atoms with E-state index < -0.39 is 0 Å². The molecule has 10 heteroatoms. The normalized spacial score (nSPS) is 17.6. The molecule has 1 saturated carbocycles. The van der Waals surface area contributed by atoms with Gasteiger partial charge < -0.3 is 20.1 Å². The number of anilines is 1. The van der Waals surface area contributed by atoms with Crippen LogP contribution in [0.15, 0.2) is 22.5 Å². The van der Waals surface area contributed by atoms with Gasteiger partial charge in [0.1, 0.15) is 0 Å². The Labute approximate surface area is 216 Å². The Morgan fingerprint density at radius 2 is 1.89 bits per heavy atom. The van der Waals surface area contributed by atoms with Gasteiger partial charge >= 0.3 is 0 Å². The van der Waals surface area contributed by atoms with Crippen LogP contribution in [-0.2, 0) is 16.0 Å². The van der Waals surface area contributed by atoms with Crippen molar-refractivity contribution in [3.63, 3.8) is 0 Å². The zero-order valence-corrected chi connectivity index (χ0v) is 22.4. The second-order valence-electron chi connectivity index (χ2n) is 8.80. The molecule has 1 aliphatic carbocycles. The first-order valence-electron chi connectivity index (χ1n) is 12.3. The van der Waals surface area contributed by atoms with Gasteiger partial charge in [-0.15, -0.1) is 10.2 Å². The molecule has 2 N–H and O–H groups in total. The van der Waals surface area contributed by atoms with Crippen LogP contribution in [0.1, 0.15) is 57.4 Å². The Balaban J connectivity index is 1.35. The van der Waals surface area contributed by atoms with Crippen LogP contribution in [0.2, 0.25) is 0 Å². The monoisotopic (exact) mass is 520 g/mol. The number of nitrogens with zero attached hydrogens (tertiary/aromatic N) is 2. The maximum atomic E-state index is 12.6. The number of hydrogen-bond donors (Lipinski definition) is 2. The van der Waals surface area contributed by atoms with Gasteiger partial charge in [0.15, 0.2) is 15.8 Å². The zero-order chi connectivity index (χ0) is 25.0. The van der Waals surface area contributed by atoms with Gasteiger partial charge in [0, 0.05) is 12.5 Å². The molecule has 35 heavy (non-hydrogen) atoms. The smallest absolute Gasteiger partial charge is 0.230 e. The summed E-state index contributed by atoms with van der Waals surface area (Å²) in [5, 5.41) is 14.5. The number of benzene rings is 1. The molecule has 2 amide bonds. The molecular formula is C25H36N4O4S2. The Bertz CT molecular complexity index is 961. The summed E-state index contributed by atoms with van der Waals surface area (Å²) >= 11 is 2.63. The summed E-state index contributed by atoms with van der Waals surface area (Å²) in [7, 11) is 3.20. The van der Waals surface area contributed by atoms with E-state index in [9.17, 15) is 9.59 Å². The zero-order valence-electron chi connectivity index (χ0n) is 20.8. The number of aromatic nitrogens is 2. The minimum absolute atomic E-state index is 0.0412. The maximum absolute atomic E-state index is 12.6. The summed E-state index contributed by atoms with van der Waals surface area (Å²) in [4.78, 5) is 24.8. The highest BCUT2D eigenvalue weighted by atomic mass is 32.2. The average Bonchev–Trinajstić information content (AvgIpc) is 3.33. The number of thioether (sulfide) groups is 1. The third kappa shape index (κ3) is 8.68. The highest BCUT2D eigenvalue weighted by Gasteiger charge is 2.26. The molecule has 2 aromatic rings. The largest absolute Gasteiger partial charge is 0.493 e. The predicted octanol–water partition coefficient (Wildman–Crippen LogP) is 4.94. The number of carbonyl (C=O) groups is 2. The Hall–Kier alpha value is -2.33. The van der Waals surface area contributed by atoms with Gasteiger partial charge in [-0.2, -0.15) is 0 Å². The number of hydrogen-bond acceptors (Lipinski definition) is 8. The second-order valence-corrected chi connectivity index (χ2v) is 11.0. The third-order valence-electron chi connectivity index (χ3n) is 6.33. The van der Waals surface area contributed by atoms with Crippen LogP contribution in [0.3, 0.4) is 0 Å². The molecule has 1 aliphatic rings. The van der Waals surface area contributed by atoms with E-state index in [1.54, 1.807) is 14.2 Å². The van der Waals surface area contributed by atoms with Crippen molar-refractivity contribution < 1.29 is 19.1 Å². The number of unbranched alkanes of at least 4 members (excludes halogenated alkanes) is 1. The second kappa shape index (κ2) is 14.3. The van der Waals surface area contributed by atoms with Crippen LogP contribution in [0.5, 0.6) is 11.5 Å². The van der Waals surface area contributed by atoms with E-state index in [0.717, 1.165) is 37.2 Å². The SMILES string of the molecule is CCCCC1CCC(C(=O)Nc2nnc(SCC(=O)NCCc3ccc(OC)c(OC)c3)s2)CC1. The third-order valence-corrected chi connectivity index (χ3v) is 8.30. The van der Waals surface area contributed by atoms with E-state index in [-0.39, 0.29) is 23.5 Å². The molecule has 1 fully saturated rings. The van der Waals surface area contributed by atoms with Crippen LogP contribution in [0.25, 0.3) is 0 Å². The summed E-state index contributed by atoms with van der Waals surface area (Å²) in [6.07, 6.45) is 8.65. The lowest BCUT2D eigenvalue weighted by Crippen LogP contribution is -2.27. The van der Waals surface area contributed by atoms with Gasteiger partial charge in [-0.05, 0) is 55.7 Å². The van der Waals surface area contributed by atoms with Crippen molar-refractivity contribution in [2.24, 2.45) is 11.8 Å². The molecule has 8 nitrogen and oxygen atoms in total. The number of methoxy groups -OCH3 is 2. The van der Waals surface area contributed by atoms with Gasteiger partial charge in [-0.3, -0.25) is 9.59 Å². The van der Waals surface area contributed by atoms with Crippen molar-refractivity contribution in [1.29, 1.82) is 0 Å². The van der Waals surface area contributed by atoms with Crippen molar-refractivity contribution in [2.75, 3.05) is 31.8 Å². The number of carbonyl (C=O) groups excluding carboxylic acids is 2. The highest BCUT2D eigenvalue weighted by molar-refractivity contribution is 8.01. The molecule has 1 aromatic heterocycles. The molecule has 0 unspecified atom stereocenters. The van der Waals surface area contributed by atoms with Gasteiger partial charge in [-0.25, -0.2) is 0 Å². The summed E-state index contributed by atoms with van der Waals surface area (Å²) in [6.45, 7) is 2.75. The lowest BCUT2D eigenvalue weighted by atomic mass is 9.79. The van der Waals surface area contributed by atoms with Crippen LogP contribution in [0.4, 0.5) is 5.13 Å². The van der Waals surface area contributed by atoms with E-state index >= 15 is 0 Å². The van der Waals surface area contributed by atoms with E-state index in [1.165, 1.54) is 42.4 Å². The molecule has 0 atom stereocenters. The quantitative estimate of drug-likeness (QED) is 0.285. The molecule has 0 bridgehead atoms. The van der Waals surface area contributed by atoms with E-state index in [2.05, 4.69) is 27.8 Å². The van der Waals surface area contributed by atoms with Crippen molar-refractivity contribution in [3.05, 3.63) is 23.8 Å². The molecule has 1 heterocycles. The first-order chi connectivity index (χ1) is 17.0. The minimum Gasteiger partial charge on any atom is -0.493 e. The Morgan fingerprint density at radius 3 is 2.60 bits per heavy atom. The van der Waals surface area contributed by atoms with E-state index in [0.29, 0.717) is 33.9 Å². The first-order valence-corrected chi connectivity index (χ1v) is 14.1. The van der Waals surface area contributed by atoms with Gasteiger partial charge in [-0.1, -0.05) is 55.4 Å². The van der Waals surface area contributed by atoms with Gasteiger partial charge in [0.2, 0.25) is 16.9 Å². The standard InChI is InChI=1S/C25H36N4O4S2/c1-4-5-6-17-7-10-19(11-8-17)23(31)27-24-28-29-25(35-24)34-16-22(30)26-14-13-18-9-12-20(32-2)21(15-18)33-3/h9,12,15,17,19H,4-8,10-11,13-14,16H2,1-3H3,(H,26,30)(H,27,28,31). The number of rotatable bonds is 13. The topological polar surface area (TPSA) is 102 Å².